The van der Waals surface area contributed by atoms with Gasteiger partial charge in [0.25, 0.3) is 0 Å². The summed E-state index contributed by atoms with van der Waals surface area (Å²) < 4.78 is 9.24. The van der Waals surface area contributed by atoms with Crippen molar-refractivity contribution in [2.75, 3.05) is 0 Å². The summed E-state index contributed by atoms with van der Waals surface area (Å²) in [6.45, 7) is 45.2. The van der Waals surface area contributed by atoms with Crippen molar-refractivity contribution in [3.8, 4) is 0 Å². The molecule has 0 amide bonds. The predicted molar refractivity (Wildman–Crippen MR) is 331 cm³/mol. The Labute approximate surface area is 450 Å². The van der Waals surface area contributed by atoms with E-state index in [0.29, 0.717) is 0 Å². The van der Waals surface area contributed by atoms with E-state index in [-0.39, 0.29) is 49.9 Å². The molecule has 0 nitrogen and oxygen atoms in total. The fourth-order valence-electron chi connectivity index (χ4n) is 5.13. The van der Waals surface area contributed by atoms with Crippen LogP contribution in [0.2, 0.25) is 118 Å². The molecule has 12 heteroatoms. The van der Waals surface area contributed by atoms with Crippen molar-refractivity contribution in [1.82, 2.24) is 0 Å². The standard InChI is InChI=1S/3C6H18Si3.6C6H5.3Sn/c3*1-7(2)9(5,6)8(3)4;6*1-2-4-6-5-3-1;;;/h3*1-6H3;6*1-5H;;;. The average molecular weight is 1340 g/mol. The molecule has 0 aliphatic carbocycles. The summed E-state index contributed by atoms with van der Waals surface area (Å²) in [7, 11) is -1.52. The molecule has 0 aliphatic rings. The summed E-state index contributed by atoms with van der Waals surface area (Å²) in [6.07, 6.45) is 0. The van der Waals surface area contributed by atoms with Crippen molar-refractivity contribution < 1.29 is 0 Å². The van der Waals surface area contributed by atoms with Crippen molar-refractivity contribution in [1.29, 1.82) is 0 Å². The van der Waals surface area contributed by atoms with Crippen LogP contribution in [-0.4, -0.2) is 135 Å². The molecular formula is C54H84Si9Sn3. The monoisotopic (exact) mass is 1340 g/mol. The molecule has 0 aromatic heterocycles. The first-order chi connectivity index (χ1) is 31.0. The van der Waals surface area contributed by atoms with Gasteiger partial charge in [-0.05, 0) is 0 Å². The van der Waals surface area contributed by atoms with E-state index in [2.05, 4.69) is 300 Å². The van der Waals surface area contributed by atoms with E-state index in [4.69, 9.17) is 0 Å². The summed E-state index contributed by atoms with van der Waals surface area (Å²) in [5.74, 6) is 0. The normalized spacial score (nSPS) is 11.3. The van der Waals surface area contributed by atoms with E-state index >= 15 is 0 Å². The van der Waals surface area contributed by atoms with Gasteiger partial charge in [0, 0.05) is 71.2 Å². The van der Waals surface area contributed by atoms with Crippen LogP contribution in [0, 0.1) is 0 Å². The van der Waals surface area contributed by atoms with E-state index in [1.165, 1.54) is 21.5 Å². The molecule has 0 heterocycles. The number of benzene rings is 6. The van der Waals surface area contributed by atoms with E-state index in [0.717, 1.165) is 0 Å². The molecule has 0 unspecified atom stereocenters. The second kappa shape index (κ2) is 34.9. The zero-order valence-corrected chi connectivity index (χ0v) is 61.9. The third kappa shape index (κ3) is 27.3. The molecule has 0 saturated carbocycles. The molecule has 12 radical (unpaired) electrons. The van der Waals surface area contributed by atoms with Crippen molar-refractivity contribution in [2.45, 2.75) is 118 Å². The molecule has 6 rings (SSSR count). The van der Waals surface area contributed by atoms with E-state index in [9.17, 15) is 0 Å². The van der Waals surface area contributed by atoms with E-state index in [1.54, 1.807) is 0 Å². The predicted octanol–water partition coefficient (Wildman–Crippen LogP) is 11.1. The number of rotatable bonds is 12. The van der Waals surface area contributed by atoms with Crippen LogP contribution in [0.5, 0.6) is 0 Å². The van der Waals surface area contributed by atoms with Gasteiger partial charge < -0.3 is 0 Å². The molecule has 0 saturated heterocycles. The van der Waals surface area contributed by atoms with Crippen LogP contribution in [0.15, 0.2) is 182 Å². The second-order valence-electron chi connectivity index (χ2n) is 19.4. The van der Waals surface area contributed by atoms with Gasteiger partial charge in [-0.15, -0.1) is 0 Å². The Morgan fingerprint density at radius 3 is 0.394 bits per heavy atom. The van der Waals surface area contributed by atoms with Gasteiger partial charge >= 0.3 is 267 Å². The zero-order valence-electron chi connectivity index (χ0n) is 44.3. The van der Waals surface area contributed by atoms with Crippen molar-refractivity contribution >= 4 is 156 Å². The average Bonchev–Trinajstić information content (AvgIpc) is 3.29. The van der Waals surface area contributed by atoms with Gasteiger partial charge in [-0.3, -0.25) is 0 Å². The molecule has 0 aliphatic heterocycles. The first kappa shape index (κ1) is 63.7. The summed E-state index contributed by atoms with van der Waals surface area (Å²) >= 11 is -1.55. The van der Waals surface area contributed by atoms with Crippen LogP contribution < -0.4 is 21.5 Å². The van der Waals surface area contributed by atoms with Crippen LogP contribution in [0.1, 0.15) is 0 Å². The maximum atomic E-state index is 2.57. The fraction of sp³-hybridized carbons (Fsp3) is 0.333. The maximum absolute atomic E-state index is 2.57. The molecule has 6 aromatic rings. The first-order valence-corrected chi connectivity index (χ1v) is 62.0. The number of hydrogen-bond donors (Lipinski definition) is 0. The van der Waals surface area contributed by atoms with Crippen LogP contribution in [0.25, 0.3) is 0 Å². The Balaban J connectivity index is 0.000000400. The second-order valence-corrected chi connectivity index (χ2v) is 98.2. The van der Waals surface area contributed by atoms with Crippen molar-refractivity contribution in [2.24, 2.45) is 0 Å². The Morgan fingerprint density at radius 1 is 0.212 bits per heavy atom. The van der Waals surface area contributed by atoms with E-state index < -0.39 is 84.8 Å². The van der Waals surface area contributed by atoms with Crippen molar-refractivity contribution in [3.63, 3.8) is 0 Å². The Bertz CT molecular complexity index is 1670. The first-order valence-electron chi connectivity index (χ1n) is 23.5. The van der Waals surface area contributed by atoms with Gasteiger partial charge in [-0.25, -0.2) is 0 Å². The SMILES string of the molecule is C[Si](C)[Si](C)(C)[Si](C)C.C[Si](C)[Si](C)(C)[Si](C)C.C[Si](C)[Si](C)(C)[Si](C)C.c1cc[c]([Sn][c]2ccccc2)cc1.c1cc[c]([Sn][c]2ccccc2)cc1.c1cc[c]([Sn][c]2ccccc2)cc1. The number of hydrogen-bond acceptors (Lipinski definition) is 0. The molecule has 66 heavy (non-hydrogen) atoms. The third-order valence-electron chi connectivity index (χ3n) is 13.0. The van der Waals surface area contributed by atoms with Gasteiger partial charge in [0.05, 0.1) is 0 Å². The minimum atomic E-state index is -0.654. The summed E-state index contributed by atoms with van der Waals surface area (Å²) in [4.78, 5) is 0. The van der Waals surface area contributed by atoms with Crippen LogP contribution in [0.4, 0.5) is 0 Å². The molecule has 348 valence electrons. The molecular weight excluding hydrogens is 1260 g/mol. The Morgan fingerprint density at radius 2 is 0.318 bits per heavy atom. The van der Waals surface area contributed by atoms with Gasteiger partial charge in [-0.1, -0.05) is 118 Å². The Kier molecular flexibility index (Phi) is 33.7. The summed E-state index contributed by atoms with van der Waals surface area (Å²) in [6, 6.07) is 64.8. The van der Waals surface area contributed by atoms with Crippen molar-refractivity contribution in [3.05, 3.63) is 182 Å². The molecule has 0 spiro atoms. The topological polar surface area (TPSA) is 0 Å². The summed E-state index contributed by atoms with van der Waals surface area (Å²) in [5, 5.41) is 0. The zero-order chi connectivity index (χ0) is 49.8. The van der Waals surface area contributed by atoms with E-state index in [1.807, 2.05) is 0 Å². The minimum absolute atomic E-state index is 0.0738. The van der Waals surface area contributed by atoms with Crippen LogP contribution in [0.3, 0.4) is 0 Å². The van der Waals surface area contributed by atoms with Crippen LogP contribution >= 0.6 is 0 Å². The van der Waals surface area contributed by atoms with Gasteiger partial charge in [0.2, 0.25) is 0 Å². The third-order valence-corrected chi connectivity index (χ3v) is 111. The van der Waals surface area contributed by atoms with Gasteiger partial charge in [0.1, 0.15) is 0 Å². The fourth-order valence-corrected chi connectivity index (χ4v) is 53.1. The Hall–Kier alpha value is -0.332. The van der Waals surface area contributed by atoms with Gasteiger partial charge in [-0.2, -0.15) is 0 Å². The quantitative estimate of drug-likeness (QED) is 0.107. The molecule has 6 aromatic carbocycles. The summed E-state index contributed by atoms with van der Waals surface area (Å²) in [5.41, 5.74) is 0. The van der Waals surface area contributed by atoms with Gasteiger partial charge in [0.15, 0.2) is 0 Å². The molecule has 0 fully saturated rings. The molecule has 0 bridgehead atoms. The van der Waals surface area contributed by atoms with Crippen LogP contribution in [-0.2, 0) is 0 Å². The molecule has 0 atom stereocenters. The molecule has 0 N–H and O–H groups in total.